The number of nitro groups is 1. The summed E-state index contributed by atoms with van der Waals surface area (Å²) >= 11 is 6.88. The molecule has 0 radical (unpaired) electrons. The van der Waals surface area contributed by atoms with Crippen LogP contribution in [0.3, 0.4) is 0 Å². The highest BCUT2D eigenvalue weighted by molar-refractivity contribution is 7.99. The van der Waals surface area contributed by atoms with Crippen molar-refractivity contribution in [3.8, 4) is 0 Å². The van der Waals surface area contributed by atoms with E-state index >= 15 is 0 Å². The molecule has 138 valence electrons. The Morgan fingerprint density at radius 2 is 2.00 bits per heavy atom. The molecule has 0 unspecified atom stereocenters. The highest BCUT2D eigenvalue weighted by atomic mass is 35.5. The second-order valence-corrected chi connectivity index (χ2v) is 6.74. The number of hydrogen-bond donors (Lipinski definition) is 1. The lowest BCUT2D eigenvalue weighted by Gasteiger charge is -2.05. The summed E-state index contributed by atoms with van der Waals surface area (Å²) in [5.74, 6) is -0.0563. The quantitative estimate of drug-likeness (QED) is 0.360. The molecule has 0 aliphatic heterocycles. The van der Waals surface area contributed by atoms with Crippen LogP contribution < -0.4 is 5.32 Å². The van der Waals surface area contributed by atoms with Gasteiger partial charge in [-0.15, -0.1) is 10.2 Å². The summed E-state index contributed by atoms with van der Waals surface area (Å²) in [6.07, 6.45) is 0.495. The molecule has 0 fully saturated rings. The molecule has 0 spiro atoms. The van der Waals surface area contributed by atoms with Gasteiger partial charge < -0.3 is 9.73 Å². The molecular weight excluding hydrogens is 392 g/mol. The molecule has 3 rings (SSSR count). The van der Waals surface area contributed by atoms with Gasteiger partial charge in [0, 0.05) is 11.1 Å². The molecule has 0 atom stereocenters. The number of hydrogen-bond acceptors (Lipinski definition) is 7. The topological polar surface area (TPSA) is 111 Å². The first-order valence-electron chi connectivity index (χ1n) is 7.74. The SMILES string of the molecule is O=C(CSc1nnc(Cc2ccccc2)o1)Nc1cc(Cl)ccc1[N+](=O)[O-]. The lowest BCUT2D eigenvalue weighted by molar-refractivity contribution is -0.383. The van der Waals surface area contributed by atoms with Gasteiger partial charge in [-0.1, -0.05) is 53.7 Å². The molecule has 0 aliphatic rings. The van der Waals surface area contributed by atoms with E-state index in [4.69, 9.17) is 16.0 Å². The molecule has 8 nitrogen and oxygen atoms in total. The Morgan fingerprint density at radius 1 is 1.22 bits per heavy atom. The van der Waals surface area contributed by atoms with Crippen LogP contribution in [-0.4, -0.2) is 26.8 Å². The van der Waals surface area contributed by atoms with Crippen molar-refractivity contribution in [3.05, 3.63) is 75.1 Å². The van der Waals surface area contributed by atoms with Crippen molar-refractivity contribution in [2.75, 3.05) is 11.1 Å². The van der Waals surface area contributed by atoms with E-state index in [-0.39, 0.29) is 27.4 Å². The van der Waals surface area contributed by atoms with Crippen molar-refractivity contribution < 1.29 is 14.1 Å². The van der Waals surface area contributed by atoms with E-state index in [1.54, 1.807) is 0 Å². The Morgan fingerprint density at radius 3 is 2.74 bits per heavy atom. The molecule has 1 heterocycles. The number of carbonyl (C=O) groups excluding carboxylic acids is 1. The zero-order valence-corrected chi connectivity index (χ0v) is 15.4. The van der Waals surface area contributed by atoms with Gasteiger partial charge in [0.25, 0.3) is 10.9 Å². The smallest absolute Gasteiger partial charge is 0.292 e. The van der Waals surface area contributed by atoms with Crippen molar-refractivity contribution >= 4 is 40.6 Å². The predicted octanol–water partition coefficient (Wildman–Crippen LogP) is 3.95. The molecule has 0 saturated heterocycles. The third-order valence-corrected chi connectivity index (χ3v) is 4.46. The van der Waals surface area contributed by atoms with Gasteiger partial charge in [0.2, 0.25) is 11.8 Å². The largest absolute Gasteiger partial charge is 0.416 e. The molecule has 1 aromatic heterocycles. The minimum atomic E-state index is -0.590. The molecular formula is C17H13ClN4O4S. The van der Waals surface area contributed by atoms with Gasteiger partial charge in [0.1, 0.15) is 5.69 Å². The van der Waals surface area contributed by atoms with Crippen LogP contribution >= 0.6 is 23.4 Å². The van der Waals surface area contributed by atoms with Crippen LogP contribution in [0.4, 0.5) is 11.4 Å². The Kier molecular flexibility index (Phi) is 6.05. The first kappa shape index (κ1) is 18.9. The molecule has 1 amide bonds. The number of rotatable bonds is 7. The summed E-state index contributed by atoms with van der Waals surface area (Å²) in [6, 6.07) is 13.6. The Labute approximate surface area is 163 Å². The minimum absolute atomic E-state index is 0.0356. The van der Waals surface area contributed by atoms with Crippen molar-refractivity contribution in [2.45, 2.75) is 11.6 Å². The highest BCUT2D eigenvalue weighted by Gasteiger charge is 2.17. The lowest BCUT2D eigenvalue weighted by atomic mass is 10.2. The number of thioether (sulfide) groups is 1. The fourth-order valence-corrected chi connectivity index (χ4v) is 2.97. The van der Waals surface area contributed by atoms with Crippen molar-refractivity contribution in [3.63, 3.8) is 0 Å². The van der Waals surface area contributed by atoms with Crippen LogP contribution in [0.15, 0.2) is 58.2 Å². The number of nitro benzene ring substituents is 1. The van der Waals surface area contributed by atoms with Crippen LogP contribution in [0, 0.1) is 10.1 Å². The third-order valence-electron chi connectivity index (χ3n) is 3.40. The summed E-state index contributed by atoms with van der Waals surface area (Å²) in [4.78, 5) is 22.5. The number of halogens is 1. The van der Waals surface area contributed by atoms with Crippen LogP contribution in [0.1, 0.15) is 11.5 Å². The van der Waals surface area contributed by atoms with Crippen molar-refractivity contribution in [1.29, 1.82) is 0 Å². The number of nitrogens with zero attached hydrogens (tertiary/aromatic N) is 3. The highest BCUT2D eigenvalue weighted by Crippen LogP contribution is 2.28. The fraction of sp³-hybridized carbons (Fsp3) is 0.118. The van der Waals surface area contributed by atoms with Crippen LogP contribution in [0.5, 0.6) is 0 Å². The maximum Gasteiger partial charge on any atom is 0.292 e. The monoisotopic (exact) mass is 404 g/mol. The van der Waals surface area contributed by atoms with E-state index in [0.717, 1.165) is 17.3 Å². The molecule has 0 aliphatic carbocycles. The first-order chi connectivity index (χ1) is 13.0. The van der Waals surface area contributed by atoms with E-state index in [9.17, 15) is 14.9 Å². The minimum Gasteiger partial charge on any atom is -0.416 e. The molecule has 2 aromatic carbocycles. The molecule has 0 bridgehead atoms. The van der Waals surface area contributed by atoms with E-state index in [1.165, 1.54) is 18.2 Å². The van der Waals surface area contributed by atoms with Gasteiger partial charge in [-0.05, 0) is 17.7 Å². The van der Waals surface area contributed by atoms with Gasteiger partial charge in [-0.3, -0.25) is 14.9 Å². The summed E-state index contributed by atoms with van der Waals surface area (Å²) < 4.78 is 5.50. The number of anilines is 1. The maximum absolute atomic E-state index is 12.1. The molecule has 3 aromatic rings. The predicted molar refractivity (Wildman–Crippen MR) is 101 cm³/mol. The normalized spacial score (nSPS) is 10.6. The number of aromatic nitrogens is 2. The average Bonchev–Trinajstić information content (AvgIpc) is 3.08. The molecule has 0 saturated carbocycles. The van der Waals surface area contributed by atoms with E-state index in [0.29, 0.717) is 12.3 Å². The van der Waals surface area contributed by atoms with Crippen molar-refractivity contribution in [1.82, 2.24) is 10.2 Å². The fourth-order valence-electron chi connectivity index (χ4n) is 2.22. The van der Waals surface area contributed by atoms with Gasteiger partial charge in [0.15, 0.2) is 0 Å². The van der Waals surface area contributed by atoms with E-state index in [1.807, 2.05) is 30.3 Å². The number of carbonyl (C=O) groups is 1. The van der Waals surface area contributed by atoms with Gasteiger partial charge in [0.05, 0.1) is 17.1 Å². The summed E-state index contributed by atoms with van der Waals surface area (Å²) in [7, 11) is 0. The maximum atomic E-state index is 12.1. The second kappa shape index (κ2) is 8.65. The number of benzene rings is 2. The second-order valence-electron chi connectivity index (χ2n) is 5.38. The Hall–Kier alpha value is -2.91. The zero-order chi connectivity index (χ0) is 19.2. The van der Waals surface area contributed by atoms with Crippen LogP contribution in [0.25, 0.3) is 0 Å². The summed E-state index contributed by atoms with van der Waals surface area (Å²) in [5.41, 5.74) is 0.831. The van der Waals surface area contributed by atoms with Crippen LogP contribution in [0.2, 0.25) is 5.02 Å². The Balaban J connectivity index is 1.57. The van der Waals surface area contributed by atoms with Crippen LogP contribution in [-0.2, 0) is 11.2 Å². The average molecular weight is 405 g/mol. The van der Waals surface area contributed by atoms with E-state index in [2.05, 4.69) is 15.5 Å². The van der Waals surface area contributed by atoms with Gasteiger partial charge in [-0.2, -0.15) is 0 Å². The molecule has 27 heavy (non-hydrogen) atoms. The van der Waals surface area contributed by atoms with E-state index < -0.39 is 10.8 Å². The third kappa shape index (κ3) is 5.28. The van der Waals surface area contributed by atoms with Crippen molar-refractivity contribution in [2.24, 2.45) is 0 Å². The molecule has 10 heteroatoms. The summed E-state index contributed by atoms with van der Waals surface area (Å²) in [5, 5.41) is 21.9. The number of nitrogens with one attached hydrogen (secondary N) is 1. The lowest BCUT2D eigenvalue weighted by Crippen LogP contribution is -2.15. The standard InChI is InChI=1S/C17H13ClN4O4S/c18-12-6-7-14(22(24)25)13(9-12)19-15(23)10-27-17-21-20-16(26-17)8-11-4-2-1-3-5-11/h1-7,9H,8,10H2,(H,19,23). The Bertz CT molecular complexity index is 965. The number of amides is 1. The first-order valence-corrected chi connectivity index (χ1v) is 9.10. The zero-order valence-electron chi connectivity index (χ0n) is 13.8. The van der Waals surface area contributed by atoms with Gasteiger partial charge >= 0.3 is 0 Å². The molecule has 1 N–H and O–H groups in total. The summed E-state index contributed by atoms with van der Waals surface area (Å²) in [6.45, 7) is 0. The van der Waals surface area contributed by atoms with Gasteiger partial charge in [-0.25, -0.2) is 0 Å².